The lowest BCUT2D eigenvalue weighted by atomic mass is 10.2. The van der Waals surface area contributed by atoms with E-state index in [2.05, 4.69) is 10.6 Å². The molecule has 178 valence electrons. The summed E-state index contributed by atoms with van der Waals surface area (Å²) in [5, 5.41) is 61.3. The zero-order chi connectivity index (χ0) is 23.3. The van der Waals surface area contributed by atoms with Crippen molar-refractivity contribution in [1.29, 1.82) is 0 Å². The Balaban J connectivity index is 1.82. The van der Waals surface area contributed by atoms with Crippen LogP contribution in [0.2, 0.25) is 0 Å². The molecule has 2 aromatic carbocycles. The van der Waals surface area contributed by atoms with Crippen LogP contribution in [0.25, 0.3) is 0 Å². The second-order valence-corrected chi connectivity index (χ2v) is 7.19. The molecule has 0 saturated heterocycles. The van der Waals surface area contributed by atoms with E-state index >= 15 is 0 Å². The van der Waals surface area contributed by atoms with Gasteiger partial charge in [-0.25, -0.2) is 0 Å². The highest BCUT2D eigenvalue weighted by molar-refractivity contribution is 5.57. The number of nitrogens with one attached hydrogen (secondary N) is 2. The number of hydrogen-bond donors (Lipinski definition) is 8. The Morgan fingerprint density at radius 2 is 0.969 bits per heavy atom. The molecule has 32 heavy (non-hydrogen) atoms. The van der Waals surface area contributed by atoms with Gasteiger partial charge in [-0.2, -0.15) is 0 Å². The maximum atomic E-state index is 9.77. The molecular weight excluding hydrogens is 420 g/mol. The standard InChI is InChI=1S/C22H32N2O8/c25-15(11-21(27)28)13-23-17-5-1-3-7-19(17)31-9-10-32-20-8-4-2-6-18(20)24-14-16(26)12-22(29)30/h1-8,15-16,21-30H,9-14H2. The summed E-state index contributed by atoms with van der Waals surface area (Å²) in [6.45, 7) is 0.744. The first-order valence-corrected chi connectivity index (χ1v) is 10.3. The minimum absolute atomic E-state index is 0.132. The van der Waals surface area contributed by atoms with Crippen LogP contribution in [0.5, 0.6) is 11.5 Å². The second kappa shape index (κ2) is 13.7. The first-order chi connectivity index (χ1) is 15.3. The molecule has 2 unspecified atom stereocenters. The fourth-order valence-electron chi connectivity index (χ4n) is 2.89. The van der Waals surface area contributed by atoms with E-state index in [0.29, 0.717) is 22.9 Å². The molecule has 0 radical (unpaired) electrons. The molecule has 0 aliphatic rings. The first kappa shape index (κ1) is 25.7. The molecule has 0 bridgehead atoms. The summed E-state index contributed by atoms with van der Waals surface area (Å²) < 4.78 is 11.5. The molecule has 0 aromatic heterocycles. The number of benzene rings is 2. The molecule has 0 amide bonds. The van der Waals surface area contributed by atoms with Gasteiger partial charge in [0, 0.05) is 25.9 Å². The van der Waals surface area contributed by atoms with E-state index in [0.717, 1.165) is 0 Å². The van der Waals surface area contributed by atoms with Crippen LogP contribution < -0.4 is 20.1 Å². The van der Waals surface area contributed by atoms with Crippen molar-refractivity contribution in [3.05, 3.63) is 48.5 Å². The smallest absolute Gasteiger partial charge is 0.153 e. The van der Waals surface area contributed by atoms with Crippen molar-refractivity contribution in [1.82, 2.24) is 0 Å². The fourth-order valence-corrected chi connectivity index (χ4v) is 2.89. The number of ether oxygens (including phenoxy) is 2. The van der Waals surface area contributed by atoms with E-state index in [4.69, 9.17) is 29.9 Å². The van der Waals surface area contributed by atoms with E-state index in [9.17, 15) is 10.2 Å². The van der Waals surface area contributed by atoms with Gasteiger partial charge in [0.15, 0.2) is 12.6 Å². The van der Waals surface area contributed by atoms with Crippen LogP contribution in [-0.2, 0) is 0 Å². The van der Waals surface area contributed by atoms with Gasteiger partial charge in [0.1, 0.15) is 24.7 Å². The van der Waals surface area contributed by atoms with Gasteiger partial charge in [0.25, 0.3) is 0 Å². The Hall–Kier alpha value is -2.60. The normalized spacial score (nSPS) is 13.1. The van der Waals surface area contributed by atoms with Crippen LogP contribution in [0, 0.1) is 0 Å². The molecule has 0 aliphatic carbocycles. The van der Waals surface area contributed by atoms with Gasteiger partial charge in [-0.15, -0.1) is 0 Å². The number of anilines is 2. The van der Waals surface area contributed by atoms with Crippen molar-refractivity contribution in [2.45, 2.75) is 37.6 Å². The number of hydrogen-bond acceptors (Lipinski definition) is 10. The Morgan fingerprint density at radius 1 is 0.594 bits per heavy atom. The third kappa shape index (κ3) is 9.69. The molecule has 0 aliphatic heterocycles. The van der Waals surface area contributed by atoms with Crippen LogP contribution in [0.4, 0.5) is 11.4 Å². The first-order valence-electron chi connectivity index (χ1n) is 10.3. The second-order valence-electron chi connectivity index (χ2n) is 7.19. The third-order valence-electron chi connectivity index (χ3n) is 4.39. The highest BCUT2D eigenvalue weighted by Gasteiger charge is 2.12. The summed E-state index contributed by atoms with van der Waals surface area (Å²) in [7, 11) is 0. The van der Waals surface area contributed by atoms with Gasteiger partial charge >= 0.3 is 0 Å². The summed E-state index contributed by atoms with van der Waals surface area (Å²) in [5.74, 6) is 1.12. The molecule has 2 rings (SSSR count). The average molecular weight is 453 g/mol. The lowest BCUT2D eigenvalue weighted by Gasteiger charge is -2.18. The summed E-state index contributed by atoms with van der Waals surface area (Å²) in [6, 6.07) is 14.3. The quantitative estimate of drug-likeness (QED) is 0.137. The number of rotatable bonds is 15. The van der Waals surface area contributed by atoms with Gasteiger partial charge in [-0.1, -0.05) is 24.3 Å². The molecule has 0 spiro atoms. The summed E-state index contributed by atoms with van der Waals surface area (Å²) in [6.07, 6.45) is -5.30. The zero-order valence-electron chi connectivity index (χ0n) is 17.7. The number of aliphatic hydroxyl groups excluding tert-OH is 4. The van der Waals surface area contributed by atoms with E-state index in [-0.39, 0.29) is 39.1 Å². The largest absolute Gasteiger partial charge is 0.488 e. The SMILES string of the molecule is OC(O)CC(O)CNc1ccccc1OCCOc1ccccc1NCC(O)CC(O)O. The Bertz CT molecular complexity index is 725. The summed E-state index contributed by atoms with van der Waals surface area (Å²) in [5.41, 5.74) is 1.31. The minimum Gasteiger partial charge on any atom is -0.488 e. The molecule has 2 aromatic rings. The highest BCUT2D eigenvalue weighted by Crippen LogP contribution is 2.25. The predicted octanol–water partition coefficient (Wildman–Crippen LogP) is 0.0916. The van der Waals surface area contributed by atoms with E-state index in [1.54, 1.807) is 24.3 Å². The van der Waals surface area contributed by atoms with Crippen LogP contribution in [0.3, 0.4) is 0 Å². The van der Waals surface area contributed by atoms with Gasteiger partial charge in [-0.3, -0.25) is 0 Å². The minimum atomic E-state index is -1.57. The molecule has 10 heteroatoms. The Morgan fingerprint density at radius 3 is 1.34 bits per heavy atom. The number of para-hydroxylation sites is 4. The predicted molar refractivity (Wildman–Crippen MR) is 119 cm³/mol. The monoisotopic (exact) mass is 452 g/mol. The molecule has 8 N–H and O–H groups in total. The van der Waals surface area contributed by atoms with Gasteiger partial charge in [0.05, 0.1) is 23.6 Å². The molecular formula is C22H32N2O8. The average Bonchev–Trinajstić information content (AvgIpc) is 2.74. The topological polar surface area (TPSA) is 164 Å². The van der Waals surface area contributed by atoms with E-state index in [1.165, 1.54) is 0 Å². The van der Waals surface area contributed by atoms with Gasteiger partial charge < -0.3 is 50.7 Å². The lowest BCUT2D eigenvalue weighted by Crippen LogP contribution is -2.25. The fraction of sp³-hybridized carbons (Fsp3) is 0.455. The molecule has 0 fully saturated rings. The van der Waals surface area contributed by atoms with Crippen LogP contribution in [-0.4, -0.2) is 81.7 Å². The lowest BCUT2D eigenvalue weighted by molar-refractivity contribution is -0.0684. The van der Waals surface area contributed by atoms with Crippen LogP contribution in [0.15, 0.2) is 48.5 Å². The van der Waals surface area contributed by atoms with Crippen LogP contribution >= 0.6 is 0 Å². The van der Waals surface area contributed by atoms with Crippen LogP contribution in [0.1, 0.15) is 12.8 Å². The van der Waals surface area contributed by atoms with Crippen molar-refractivity contribution in [2.75, 3.05) is 36.9 Å². The Labute approximate surface area is 186 Å². The van der Waals surface area contributed by atoms with Crippen molar-refractivity contribution < 1.29 is 40.1 Å². The van der Waals surface area contributed by atoms with Gasteiger partial charge in [0.2, 0.25) is 0 Å². The van der Waals surface area contributed by atoms with Crippen molar-refractivity contribution in [2.24, 2.45) is 0 Å². The van der Waals surface area contributed by atoms with Crippen molar-refractivity contribution in [3.63, 3.8) is 0 Å². The Kier molecular flexibility index (Phi) is 11.0. The number of aliphatic hydroxyl groups is 6. The molecule has 10 nitrogen and oxygen atoms in total. The maximum absolute atomic E-state index is 9.77. The zero-order valence-corrected chi connectivity index (χ0v) is 17.7. The molecule has 0 heterocycles. The maximum Gasteiger partial charge on any atom is 0.153 e. The van der Waals surface area contributed by atoms with Gasteiger partial charge in [-0.05, 0) is 24.3 Å². The van der Waals surface area contributed by atoms with E-state index in [1.807, 2.05) is 24.3 Å². The highest BCUT2D eigenvalue weighted by atomic mass is 16.5. The molecule has 2 atom stereocenters. The molecule has 0 saturated carbocycles. The van der Waals surface area contributed by atoms with E-state index < -0.39 is 24.8 Å². The van der Waals surface area contributed by atoms with Crippen molar-refractivity contribution >= 4 is 11.4 Å². The van der Waals surface area contributed by atoms with Crippen molar-refractivity contribution in [3.8, 4) is 11.5 Å². The summed E-state index contributed by atoms with van der Waals surface area (Å²) in [4.78, 5) is 0. The third-order valence-corrected chi connectivity index (χ3v) is 4.39. The summed E-state index contributed by atoms with van der Waals surface area (Å²) >= 11 is 0.